The normalized spacial score (nSPS) is 25.4. The molecule has 1 aromatic carbocycles. The number of rotatable bonds is 8. The van der Waals surface area contributed by atoms with Crippen LogP contribution >= 0.6 is 0 Å². The van der Waals surface area contributed by atoms with E-state index >= 15 is 0 Å². The van der Waals surface area contributed by atoms with Crippen LogP contribution in [0.4, 0.5) is 0 Å². The number of amides is 1. The molecule has 1 aromatic rings. The third-order valence-electron chi connectivity index (χ3n) is 5.08. The summed E-state index contributed by atoms with van der Waals surface area (Å²) in [6.45, 7) is 8.45. The number of hydrogen-bond acceptors (Lipinski definition) is 5. The smallest absolute Gasteiger partial charge is 0.254 e. The fourth-order valence-corrected chi connectivity index (χ4v) is 3.63. The van der Waals surface area contributed by atoms with Crippen LogP contribution in [0.25, 0.3) is 0 Å². The average molecular weight is 404 g/mol. The van der Waals surface area contributed by atoms with E-state index in [0.717, 1.165) is 18.4 Å². The third kappa shape index (κ3) is 6.12. The lowest BCUT2D eigenvalue weighted by molar-refractivity contribution is -0.174. The molecule has 29 heavy (non-hydrogen) atoms. The van der Waals surface area contributed by atoms with E-state index in [2.05, 4.69) is 13.0 Å². The van der Waals surface area contributed by atoms with Gasteiger partial charge in [-0.2, -0.15) is 0 Å². The fourth-order valence-electron chi connectivity index (χ4n) is 3.63. The summed E-state index contributed by atoms with van der Waals surface area (Å²) in [6.07, 6.45) is 4.54. The molecule has 2 aliphatic heterocycles. The van der Waals surface area contributed by atoms with E-state index in [1.54, 1.807) is 4.90 Å². The number of benzene rings is 1. The van der Waals surface area contributed by atoms with Crippen LogP contribution in [0.5, 0.6) is 0 Å². The summed E-state index contributed by atoms with van der Waals surface area (Å²) in [7, 11) is 0. The Morgan fingerprint density at radius 2 is 1.97 bits per heavy atom. The summed E-state index contributed by atoms with van der Waals surface area (Å²) in [5.41, 5.74) is 1.02. The molecule has 1 amide bonds. The lowest BCUT2D eigenvalue weighted by atomic mass is 10.0. The van der Waals surface area contributed by atoms with Gasteiger partial charge in [0.1, 0.15) is 12.2 Å². The van der Waals surface area contributed by atoms with Gasteiger partial charge in [-0.25, -0.2) is 0 Å². The molecule has 3 rings (SSSR count). The standard InChI is InChI=1S/C23H33NO5/c1-4-5-7-12-19-20(29-23(2,3)28-19)21(22(25)24-13-15-26-16-14-24)27-17-18-10-8-6-9-11-18/h6-12,19-21H,4-5,13-17H2,1-3H3/b12-7-/t19-,20+,21-/m1/s1. The summed E-state index contributed by atoms with van der Waals surface area (Å²) in [5.74, 6) is -0.838. The minimum Gasteiger partial charge on any atom is -0.378 e. The van der Waals surface area contributed by atoms with Gasteiger partial charge >= 0.3 is 0 Å². The maximum absolute atomic E-state index is 13.4. The first-order chi connectivity index (χ1) is 14.0. The van der Waals surface area contributed by atoms with Crippen LogP contribution in [-0.4, -0.2) is 61.2 Å². The minimum atomic E-state index is -0.772. The SMILES string of the molecule is CCC/C=C\[C@H]1OC(C)(C)O[C@@H]1[C@@H](OCc1ccccc1)C(=O)N1CCOCC1. The largest absolute Gasteiger partial charge is 0.378 e. The number of ether oxygens (including phenoxy) is 4. The van der Waals surface area contributed by atoms with E-state index in [9.17, 15) is 4.79 Å². The summed E-state index contributed by atoms with van der Waals surface area (Å²) < 4.78 is 23.9. The number of morpholine rings is 1. The van der Waals surface area contributed by atoms with Gasteiger partial charge in [0.05, 0.1) is 19.8 Å². The van der Waals surface area contributed by atoms with Gasteiger partial charge < -0.3 is 23.8 Å². The average Bonchev–Trinajstić information content (AvgIpc) is 3.04. The van der Waals surface area contributed by atoms with Crippen LogP contribution in [0, 0.1) is 0 Å². The van der Waals surface area contributed by atoms with E-state index in [4.69, 9.17) is 18.9 Å². The van der Waals surface area contributed by atoms with Crippen LogP contribution in [0.15, 0.2) is 42.5 Å². The predicted molar refractivity (Wildman–Crippen MR) is 110 cm³/mol. The van der Waals surface area contributed by atoms with Gasteiger partial charge in [-0.1, -0.05) is 55.8 Å². The number of unbranched alkanes of at least 4 members (excludes halogenated alkanes) is 1. The van der Waals surface area contributed by atoms with Crippen molar-refractivity contribution in [2.45, 2.75) is 64.3 Å². The molecular weight excluding hydrogens is 370 g/mol. The lowest BCUT2D eigenvalue weighted by Crippen LogP contribution is -2.52. The number of allylic oxidation sites excluding steroid dienone is 1. The van der Waals surface area contributed by atoms with Gasteiger partial charge in [0.2, 0.25) is 0 Å². The highest BCUT2D eigenvalue weighted by Crippen LogP contribution is 2.33. The van der Waals surface area contributed by atoms with Gasteiger partial charge in [-0.3, -0.25) is 4.79 Å². The second-order valence-electron chi connectivity index (χ2n) is 7.94. The first kappa shape index (κ1) is 22.0. The molecule has 2 heterocycles. The van der Waals surface area contributed by atoms with Gasteiger partial charge in [-0.05, 0) is 25.8 Å². The number of nitrogens with zero attached hydrogens (tertiary/aromatic N) is 1. The third-order valence-corrected chi connectivity index (χ3v) is 5.08. The van der Waals surface area contributed by atoms with E-state index in [1.165, 1.54) is 0 Å². The minimum absolute atomic E-state index is 0.0653. The molecule has 0 saturated carbocycles. The van der Waals surface area contributed by atoms with Crippen molar-refractivity contribution in [2.24, 2.45) is 0 Å². The first-order valence-corrected chi connectivity index (χ1v) is 10.5. The molecule has 0 spiro atoms. The van der Waals surface area contributed by atoms with Gasteiger partial charge in [0.25, 0.3) is 5.91 Å². The Bertz CT molecular complexity index is 669. The van der Waals surface area contributed by atoms with Crippen molar-refractivity contribution in [3.8, 4) is 0 Å². The van der Waals surface area contributed by atoms with E-state index in [0.29, 0.717) is 32.9 Å². The Balaban J connectivity index is 1.80. The fraction of sp³-hybridized carbons (Fsp3) is 0.609. The predicted octanol–water partition coefficient (Wildman–Crippen LogP) is 3.31. The Morgan fingerprint density at radius 3 is 2.66 bits per heavy atom. The monoisotopic (exact) mass is 403 g/mol. The Labute approximate surface area is 173 Å². The van der Waals surface area contributed by atoms with Crippen LogP contribution in [0.3, 0.4) is 0 Å². The van der Waals surface area contributed by atoms with Crippen molar-refractivity contribution >= 4 is 5.91 Å². The molecule has 0 radical (unpaired) electrons. The molecule has 3 atom stereocenters. The van der Waals surface area contributed by atoms with Crippen molar-refractivity contribution in [3.63, 3.8) is 0 Å². The van der Waals surface area contributed by atoms with Gasteiger partial charge in [-0.15, -0.1) is 0 Å². The van der Waals surface area contributed by atoms with Crippen LogP contribution in [-0.2, 0) is 30.3 Å². The van der Waals surface area contributed by atoms with Crippen molar-refractivity contribution in [2.75, 3.05) is 26.3 Å². The van der Waals surface area contributed by atoms with Crippen molar-refractivity contribution in [3.05, 3.63) is 48.0 Å². The molecule has 0 aliphatic carbocycles. The zero-order chi connectivity index (χ0) is 20.7. The molecule has 2 aliphatic rings. The van der Waals surface area contributed by atoms with E-state index in [-0.39, 0.29) is 12.0 Å². The molecule has 160 valence electrons. The Kier molecular flexibility index (Phi) is 7.84. The van der Waals surface area contributed by atoms with Crippen LogP contribution < -0.4 is 0 Å². The second kappa shape index (κ2) is 10.3. The number of carbonyl (C=O) groups excluding carboxylic acids is 1. The van der Waals surface area contributed by atoms with Crippen LogP contribution in [0.1, 0.15) is 39.2 Å². The molecule has 6 heteroatoms. The molecule has 0 N–H and O–H groups in total. The number of carbonyl (C=O) groups is 1. The maximum atomic E-state index is 13.4. The van der Waals surface area contributed by atoms with Gasteiger partial charge in [0.15, 0.2) is 11.9 Å². The van der Waals surface area contributed by atoms with Crippen molar-refractivity contribution in [1.29, 1.82) is 0 Å². The lowest BCUT2D eigenvalue weighted by Gasteiger charge is -2.33. The highest BCUT2D eigenvalue weighted by Gasteiger charge is 2.48. The summed E-state index contributed by atoms with van der Waals surface area (Å²) in [5, 5.41) is 0. The molecule has 0 unspecified atom stereocenters. The van der Waals surface area contributed by atoms with Crippen LogP contribution in [0.2, 0.25) is 0 Å². The molecule has 6 nitrogen and oxygen atoms in total. The highest BCUT2D eigenvalue weighted by molar-refractivity contribution is 5.82. The van der Waals surface area contributed by atoms with Crippen molar-refractivity contribution < 1.29 is 23.7 Å². The molecule has 2 saturated heterocycles. The highest BCUT2D eigenvalue weighted by atomic mass is 16.8. The Morgan fingerprint density at radius 1 is 1.24 bits per heavy atom. The Hall–Kier alpha value is -1.73. The summed E-state index contributed by atoms with van der Waals surface area (Å²) in [4.78, 5) is 15.2. The summed E-state index contributed by atoms with van der Waals surface area (Å²) >= 11 is 0. The number of hydrogen-bond donors (Lipinski definition) is 0. The molecular formula is C23H33NO5. The quantitative estimate of drug-likeness (QED) is 0.624. The molecule has 0 aromatic heterocycles. The maximum Gasteiger partial charge on any atom is 0.254 e. The molecule has 0 bridgehead atoms. The zero-order valence-electron chi connectivity index (χ0n) is 17.7. The zero-order valence-corrected chi connectivity index (χ0v) is 17.7. The van der Waals surface area contributed by atoms with Gasteiger partial charge in [0, 0.05) is 13.1 Å². The molecule has 2 fully saturated rings. The second-order valence-corrected chi connectivity index (χ2v) is 7.94. The topological polar surface area (TPSA) is 57.2 Å². The first-order valence-electron chi connectivity index (χ1n) is 10.5. The van der Waals surface area contributed by atoms with E-state index < -0.39 is 18.0 Å². The summed E-state index contributed by atoms with van der Waals surface area (Å²) in [6, 6.07) is 9.87. The van der Waals surface area contributed by atoms with E-state index in [1.807, 2.05) is 50.3 Å². The van der Waals surface area contributed by atoms with Crippen molar-refractivity contribution in [1.82, 2.24) is 4.90 Å².